The maximum absolute atomic E-state index is 12.7. The van der Waals surface area contributed by atoms with E-state index < -0.39 is 0 Å². The number of benzene rings is 2. The third kappa shape index (κ3) is 4.01. The second-order valence-corrected chi connectivity index (χ2v) is 8.17. The number of nitrogens with one attached hydrogen (secondary N) is 2. The van der Waals surface area contributed by atoms with Crippen LogP contribution in [-0.2, 0) is 0 Å². The Morgan fingerprint density at radius 3 is 2.88 bits per heavy atom. The van der Waals surface area contributed by atoms with Gasteiger partial charge in [0.1, 0.15) is 17.8 Å². The average molecular weight is 427 g/mol. The van der Waals surface area contributed by atoms with E-state index in [0.29, 0.717) is 5.92 Å². The summed E-state index contributed by atoms with van der Waals surface area (Å²) in [6.07, 6.45) is 5.74. The first kappa shape index (κ1) is 20.1. The van der Waals surface area contributed by atoms with Crippen LogP contribution in [0.2, 0.25) is 0 Å². The minimum atomic E-state index is -0.158. The van der Waals surface area contributed by atoms with E-state index in [4.69, 9.17) is 0 Å². The number of nitrogens with zero attached hydrogens (tertiary/aromatic N) is 4. The van der Waals surface area contributed by atoms with Gasteiger partial charge in [-0.15, -0.1) is 0 Å². The number of aromatic nitrogens is 3. The number of hydrogen-bond donors (Lipinski definition) is 2. The van der Waals surface area contributed by atoms with Gasteiger partial charge in [0.15, 0.2) is 0 Å². The van der Waals surface area contributed by atoms with Gasteiger partial charge in [-0.05, 0) is 48.7 Å². The summed E-state index contributed by atoms with van der Waals surface area (Å²) < 4.78 is 0. The Hall–Kier alpha value is -3.87. The van der Waals surface area contributed by atoms with Crippen LogP contribution in [-0.4, -0.2) is 41.1 Å². The molecule has 1 unspecified atom stereocenters. The van der Waals surface area contributed by atoms with Gasteiger partial charge in [-0.2, -0.15) is 0 Å². The van der Waals surface area contributed by atoms with Gasteiger partial charge in [0.05, 0.1) is 5.39 Å². The number of carbonyl (C=O) groups is 1. The van der Waals surface area contributed by atoms with Crippen LogP contribution in [0.5, 0.6) is 0 Å². The van der Waals surface area contributed by atoms with E-state index in [0.717, 1.165) is 54.2 Å². The number of piperidine rings is 1. The van der Waals surface area contributed by atoms with E-state index in [-0.39, 0.29) is 6.03 Å². The van der Waals surface area contributed by atoms with Crippen LogP contribution >= 0.6 is 0 Å². The van der Waals surface area contributed by atoms with E-state index >= 15 is 0 Å². The van der Waals surface area contributed by atoms with Crippen molar-refractivity contribution in [2.45, 2.75) is 18.8 Å². The number of carbonyl (C=O) groups excluding carboxylic acids is 1. The predicted molar refractivity (Wildman–Crippen MR) is 128 cm³/mol. The molecule has 0 aliphatic carbocycles. The standard InChI is InChI=1S/C25H26N6O/c1-30(25(32)29-20-9-3-2-4-10-20)21-11-5-7-18(15-21)19-8-6-14-31(16-19)24-22-12-13-26-23(22)27-17-28-24/h2-5,7,9-13,15,17,19H,6,8,14,16H2,1H3,(H,29,32)(H,26,27,28). The molecule has 3 heterocycles. The Morgan fingerprint density at radius 2 is 2.00 bits per heavy atom. The van der Waals surface area contributed by atoms with Gasteiger partial charge in [-0.3, -0.25) is 4.90 Å². The summed E-state index contributed by atoms with van der Waals surface area (Å²) in [6, 6.07) is 19.7. The molecule has 1 atom stereocenters. The summed E-state index contributed by atoms with van der Waals surface area (Å²) in [6.45, 7) is 1.87. The van der Waals surface area contributed by atoms with E-state index in [1.807, 2.05) is 54.7 Å². The van der Waals surface area contributed by atoms with Crippen molar-refractivity contribution in [3.63, 3.8) is 0 Å². The number of urea groups is 1. The molecule has 1 aliphatic rings. The van der Waals surface area contributed by atoms with Crippen LogP contribution in [0.25, 0.3) is 11.0 Å². The smallest absolute Gasteiger partial charge is 0.326 e. The molecule has 1 fully saturated rings. The van der Waals surface area contributed by atoms with Gasteiger partial charge in [0, 0.05) is 43.6 Å². The molecule has 1 aliphatic heterocycles. The summed E-state index contributed by atoms with van der Waals surface area (Å²) in [5, 5.41) is 4.00. The van der Waals surface area contributed by atoms with Crippen molar-refractivity contribution in [1.82, 2.24) is 15.0 Å². The molecule has 2 N–H and O–H groups in total. The summed E-state index contributed by atoms with van der Waals surface area (Å²) in [5.41, 5.74) is 3.77. The zero-order chi connectivity index (χ0) is 21.9. The summed E-state index contributed by atoms with van der Waals surface area (Å²) in [7, 11) is 1.80. The molecular weight excluding hydrogens is 400 g/mol. The first-order chi connectivity index (χ1) is 15.7. The fraction of sp³-hybridized carbons (Fsp3) is 0.240. The van der Waals surface area contributed by atoms with Crippen LogP contribution in [0, 0.1) is 0 Å². The highest BCUT2D eigenvalue weighted by atomic mass is 16.2. The van der Waals surface area contributed by atoms with Gasteiger partial charge in [0.25, 0.3) is 0 Å². The topological polar surface area (TPSA) is 77.2 Å². The number of hydrogen-bond acceptors (Lipinski definition) is 4. The Morgan fingerprint density at radius 1 is 1.12 bits per heavy atom. The quantitative estimate of drug-likeness (QED) is 0.481. The van der Waals surface area contributed by atoms with Gasteiger partial charge < -0.3 is 15.2 Å². The van der Waals surface area contributed by atoms with Crippen LogP contribution in [0.1, 0.15) is 24.3 Å². The minimum absolute atomic E-state index is 0.158. The van der Waals surface area contributed by atoms with Crippen molar-refractivity contribution in [3.8, 4) is 0 Å². The number of para-hydroxylation sites is 1. The third-order valence-corrected chi connectivity index (χ3v) is 6.11. The number of amides is 2. The van der Waals surface area contributed by atoms with Crippen LogP contribution in [0.3, 0.4) is 0 Å². The summed E-state index contributed by atoms with van der Waals surface area (Å²) in [4.78, 5) is 28.8. The highest BCUT2D eigenvalue weighted by Crippen LogP contribution is 2.33. The number of fused-ring (bicyclic) bond motifs is 1. The van der Waals surface area contributed by atoms with Crippen LogP contribution < -0.4 is 15.1 Å². The zero-order valence-electron chi connectivity index (χ0n) is 18.0. The maximum Gasteiger partial charge on any atom is 0.326 e. The first-order valence-electron chi connectivity index (χ1n) is 10.9. The number of H-pyrrole nitrogens is 1. The van der Waals surface area contributed by atoms with Crippen molar-refractivity contribution in [2.24, 2.45) is 0 Å². The third-order valence-electron chi connectivity index (χ3n) is 6.11. The van der Waals surface area contributed by atoms with Gasteiger partial charge in [-0.1, -0.05) is 30.3 Å². The lowest BCUT2D eigenvalue weighted by Crippen LogP contribution is -2.35. The Balaban J connectivity index is 1.33. The lowest BCUT2D eigenvalue weighted by Gasteiger charge is -2.34. The Labute approximate surface area is 187 Å². The second kappa shape index (κ2) is 8.70. The lowest BCUT2D eigenvalue weighted by atomic mass is 9.90. The molecule has 4 aromatic rings. The Bertz CT molecular complexity index is 1220. The molecule has 0 spiro atoms. The monoisotopic (exact) mass is 426 g/mol. The molecule has 32 heavy (non-hydrogen) atoms. The molecule has 162 valence electrons. The highest BCUT2D eigenvalue weighted by Gasteiger charge is 2.24. The fourth-order valence-corrected chi connectivity index (χ4v) is 4.39. The largest absolute Gasteiger partial charge is 0.355 e. The molecule has 2 aromatic heterocycles. The van der Waals surface area contributed by atoms with Gasteiger partial charge in [0.2, 0.25) is 0 Å². The van der Waals surface area contributed by atoms with E-state index in [1.54, 1.807) is 18.3 Å². The highest BCUT2D eigenvalue weighted by molar-refractivity contribution is 6.01. The van der Waals surface area contributed by atoms with E-state index in [1.165, 1.54) is 5.56 Å². The van der Waals surface area contributed by atoms with Crippen molar-refractivity contribution in [2.75, 3.05) is 35.3 Å². The fourth-order valence-electron chi connectivity index (χ4n) is 4.39. The maximum atomic E-state index is 12.7. The van der Waals surface area contributed by atoms with E-state index in [9.17, 15) is 4.79 Å². The second-order valence-electron chi connectivity index (χ2n) is 8.17. The molecule has 0 saturated carbocycles. The van der Waals surface area contributed by atoms with E-state index in [2.05, 4.69) is 37.3 Å². The summed E-state index contributed by atoms with van der Waals surface area (Å²) >= 11 is 0. The predicted octanol–water partition coefficient (Wildman–Crippen LogP) is 5.01. The van der Waals surface area contributed by atoms with Crippen molar-refractivity contribution in [1.29, 1.82) is 0 Å². The molecule has 7 heteroatoms. The SMILES string of the molecule is CN(C(=O)Nc1ccccc1)c1cccc(C2CCCN(c3ncnc4[nH]ccc34)C2)c1. The van der Waals surface area contributed by atoms with Gasteiger partial charge >= 0.3 is 6.03 Å². The molecule has 7 nitrogen and oxygen atoms in total. The lowest BCUT2D eigenvalue weighted by molar-refractivity contribution is 0.258. The first-order valence-corrected chi connectivity index (χ1v) is 10.9. The van der Waals surface area contributed by atoms with Crippen molar-refractivity contribution >= 4 is 34.3 Å². The molecule has 0 bridgehead atoms. The molecule has 2 aromatic carbocycles. The number of anilines is 3. The van der Waals surface area contributed by atoms with Gasteiger partial charge in [-0.25, -0.2) is 14.8 Å². The molecule has 1 saturated heterocycles. The minimum Gasteiger partial charge on any atom is -0.355 e. The molecule has 5 rings (SSSR count). The summed E-state index contributed by atoms with van der Waals surface area (Å²) in [5.74, 6) is 1.36. The van der Waals surface area contributed by atoms with Crippen molar-refractivity contribution < 1.29 is 4.79 Å². The molecule has 2 amide bonds. The normalized spacial score (nSPS) is 16.2. The average Bonchev–Trinajstić information content (AvgIpc) is 3.33. The number of aromatic amines is 1. The van der Waals surface area contributed by atoms with Crippen LogP contribution in [0.15, 0.2) is 73.2 Å². The Kier molecular flexibility index (Phi) is 5.46. The molecule has 0 radical (unpaired) electrons. The van der Waals surface area contributed by atoms with Crippen LogP contribution in [0.4, 0.5) is 22.0 Å². The molecular formula is C25H26N6O. The number of rotatable bonds is 4. The van der Waals surface area contributed by atoms with Crippen molar-refractivity contribution in [3.05, 3.63) is 78.8 Å². The zero-order valence-corrected chi connectivity index (χ0v) is 18.0.